The summed E-state index contributed by atoms with van der Waals surface area (Å²) in [5.41, 5.74) is 3.08. The van der Waals surface area contributed by atoms with Crippen molar-refractivity contribution in [1.29, 1.82) is 0 Å². The first-order valence-corrected chi connectivity index (χ1v) is 7.37. The van der Waals surface area contributed by atoms with E-state index < -0.39 is 10.2 Å². The van der Waals surface area contributed by atoms with Gasteiger partial charge in [-0.05, 0) is 49.2 Å². The van der Waals surface area contributed by atoms with Crippen molar-refractivity contribution in [3.05, 3.63) is 59.7 Å². The van der Waals surface area contributed by atoms with E-state index in [-0.39, 0.29) is 0 Å². The Hall–Kier alpha value is -2.01. The number of benzene rings is 2. The summed E-state index contributed by atoms with van der Waals surface area (Å²) in [5, 5.41) is 0. The first-order chi connectivity index (χ1) is 8.94. The third kappa shape index (κ3) is 3.99. The van der Waals surface area contributed by atoms with Crippen LogP contribution in [0.5, 0.6) is 0 Å². The summed E-state index contributed by atoms with van der Waals surface area (Å²) >= 11 is 0. The first kappa shape index (κ1) is 13.4. The van der Waals surface area contributed by atoms with Gasteiger partial charge in [0, 0.05) is 0 Å². The lowest BCUT2D eigenvalue weighted by molar-refractivity contribution is 0.606. The maximum atomic E-state index is 12.0. The topological polar surface area (TPSA) is 58.2 Å². The van der Waals surface area contributed by atoms with Crippen molar-refractivity contribution < 1.29 is 8.42 Å². The first-order valence-electron chi connectivity index (χ1n) is 5.88. The Labute approximate surface area is 113 Å². The molecule has 0 aliphatic heterocycles. The minimum atomic E-state index is -3.62. The van der Waals surface area contributed by atoms with Crippen molar-refractivity contribution in [3.8, 4) is 0 Å². The molecule has 0 spiro atoms. The fourth-order valence-corrected chi connectivity index (χ4v) is 2.68. The molecule has 0 radical (unpaired) electrons. The summed E-state index contributed by atoms with van der Waals surface area (Å²) in [4.78, 5) is 0. The second kappa shape index (κ2) is 5.32. The van der Waals surface area contributed by atoms with Crippen molar-refractivity contribution >= 4 is 21.6 Å². The summed E-state index contributed by atoms with van der Waals surface area (Å²) in [6.07, 6.45) is 0. The van der Waals surface area contributed by atoms with Gasteiger partial charge in [-0.1, -0.05) is 24.3 Å². The normalized spacial score (nSPS) is 11.1. The van der Waals surface area contributed by atoms with E-state index in [1.807, 2.05) is 26.0 Å². The number of hydrogen-bond acceptors (Lipinski definition) is 2. The Morgan fingerprint density at radius 3 is 1.58 bits per heavy atom. The van der Waals surface area contributed by atoms with E-state index in [0.29, 0.717) is 11.4 Å². The van der Waals surface area contributed by atoms with Crippen LogP contribution in [0.4, 0.5) is 11.4 Å². The van der Waals surface area contributed by atoms with Crippen LogP contribution in [-0.2, 0) is 10.2 Å². The van der Waals surface area contributed by atoms with E-state index in [0.717, 1.165) is 11.1 Å². The molecule has 0 aliphatic carbocycles. The van der Waals surface area contributed by atoms with Gasteiger partial charge in [0.25, 0.3) is 0 Å². The van der Waals surface area contributed by atoms with Crippen LogP contribution in [0.25, 0.3) is 0 Å². The molecular weight excluding hydrogens is 260 g/mol. The molecule has 0 saturated carbocycles. The van der Waals surface area contributed by atoms with Gasteiger partial charge in [0.1, 0.15) is 0 Å². The molecule has 0 amide bonds. The molecule has 2 N–H and O–H groups in total. The molecule has 0 aliphatic rings. The maximum absolute atomic E-state index is 12.0. The zero-order valence-electron chi connectivity index (χ0n) is 10.8. The number of anilines is 2. The quantitative estimate of drug-likeness (QED) is 0.901. The van der Waals surface area contributed by atoms with Crippen molar-refractivity contribution in [2.45, 2.75) is 13.8 Å². The lowest BCUT2D eigenvalue weighted by Crippen LogP contribution is -2.21. The Morgan fingerprint density at radius 2 is 1.21 bits per heavy atom. The van der Waals surface area contributed by atoms with E-state index in [2.05, 4.69) is 9.44 Å². The highest BCUT2D eigenvalue weighted by Crippen LogP contribution is 2.15. The fraction of sp³-hybridized carbons (Fsp3) is 0.143. The molecule has 4 nitrogen and oxygen atoms in total. The summed E-state index contributed by atoms with van der Waals surface area (Å²) in [6, 6.07) is 14.4. The Morgan fingerprint density at radius 1 is 0.789 bits per heavy atom. The van der Waals surface area contributed by atoms with E-state index in [1.165, 1.54) is 0 Å². The average molecular weight is 276 g/mol. The summed E-state index contributed by atoms with van der Waals surface area (Å²) in [5.74, 6) is 0. The summed E-state index contributed by atoms with van der Waals surface area (Å²) in [6.45, 7) is 3.82. The summed E-state index contributed by atoms with van der Waals surface area (Å²) < 4.78 is 28.9. The molecule has 0 saturated heterocycles. The lowest BCUT2D eigenvalue weighted by atomic mass is 10.2. The third-order valence-corrected chi connectivity index (χ3v) is 3.55. The molecule has 100 valence electrons. The maximum Gasteiger partial charge on any atom is 0.321 e. The monoisotopic (exact) mass is 276 g/mol. The SMILES string of the molecule is Cc1cccc(NS(=O)(=O)Nc2cccc(C)c2)c1. The Kier molecular flexibility index (Phi) is 3.76. The molecule has 2 rings (SSSR count). The van der Waals surface area contributed by atoms with Crippen LogP contribution in [0, 0.1) is 13.8 Å². The molecule has 19 heavy (non-hydrogen) atoms. The molecule has 5 heteroatoms. The molecule has 0 atom stereocenters. The van der Waals surface area contributed by atoms with Crippen LogP contribution >= 0.6 is 0 Å². The zero-order valence-corrected chi connectivity index (χ0v) is 11.7. The van der Waals surface area contributed by atoms with E-state index in [9.17, 15) is 8.42 Å². The van der Waals surface area contributed by atoms with Crippen LogP contribution < -0.4 is 9.44 Å². The van der Waals surface area contributed by atoms with E-state index >= 15 is 0 Å². The van der Waals surface area contributed by atoms with Gasteiger partial charge in [0.05, 0.1) is 11.4 Å². The van der Waals surface area contributed by atoms with E-state index in [4.69, 9.17) is 0 Å². The number of nitrogens with one attached hydrogen (secondary N) is 2. The minimum absolute atomic E-state index is 0.542. The molecule has 2 aromatic rings. The molecule has 0 fully saturated rings. The molecule has 0 unspecified atom stereocenters. The standard InChI is InChI=1S/C14H16N2O2S/c1-11-5-3-7-13(9-11)15-19(17,18)16-14-8-4-6-12(2)10-14/h3-10,15-16H,1-2H3. The molecule has 0 aromatic heterocycles. The van der Waals surface area contributed by atoms with Crippen molar-refractivity contribution in [3.63, 3.8) is 0 Å². The molecular formula is C14H16N2O2S. The van der Waals surface area contributed by atoms with Gasteiger partial charge >= 0.3 is 10.2 Å². The third-order valence-electron chi connectivity index (χ3n) is 2.54. The number of hydrogen-bond donors (Lipinski definition) is 2. The Balaban J connectivity index is 2.15. The van der Waals surface area contributed by atoms with Gasteiger partial charge in [-0.25, -0.2) is 0 Å². The van der Waals surface area contributed by atoms with Crippen LogP contribution in [-0.4, -0.2) is 8.42 Å². The van der Waals surface area contributed by atoms with Gasteiger partial charge < -0.3 is 0 Å². The van der Waals surface area contributed by atoms with Crippen LogP contribution in [0.1, 0.15) is 11.1 Å². The van der Waals surface area contributed by atoms with Gasteiger partial charge in [-0.15, -0.1) is 0 Å². The van der Waals surface area contributed by atoms with Gasteiger partial charge in [-0.2, -0.15) is 8.42 Å². The second-order valence-corrected chi connectivity index (χ2v) is 5.86. The van der Waals surface area contributed by atoms with Crippen LogP contribution in [0.3, 0.4) is 0 Å². The highest BCUT2D eigenvalue weighted by Gasteiger charge is 2.09. The smallest absolute Gasteiger partial charge is 0.267 e. The largest absolute Gasteiger partial charge is 0.321 e. The highest BCUT2D eigenvalue weighted by molar-refractivity contribution is 7.94. The average Bonchev–Trinajstić information content (AvgIpc) is 2.27. The summed E-state index contributed by atoms with van der Waals surface area (Å²) in [7, 11) is -3.62. The van der Waals surface area contributed by atoms with Crippen LogP contribution in [0.15, 0.2) is 48.5 Å². The molecule has 0 bridgehead atoms. The second-order valence-electron chi connectivity index (χ2n) is 4.45. The predicted molar refractivity (Wildman–Crippen MR) is 78.5 cm³/mol. The fourth-order valence-electron chi connectivity index (χ4n) is 1.75. The highest BCUT2D eigenvalue weighted by atomic mass is 32.2. The Bertz CT molecular complexity index is 628. The van der Waals surface area contributed by atoms with Gasteiger partial charge in [-0.3, -0.25) is 9.44 Å². The van der Waals surface area contributed by atoms with E-state index in [1.54, 1.807) is 36.4 Å². The molecule has 0 heterocycles. The minimum Gasteiger partial charge on any atom is -0.267 e. The zero-order chi connectivity index (χ0) is 13.9. The number of rotatable bonds is 4. The molecule has 2 aromatic carbocycles. The van der Waals surface area contributed by atoms with Crippen molar-refractivity contribution in [2.75, 3.05) is 9.44 Å². The van der Waals surface area contributed by atoms with Crippen molar-refractivity contribution in [2.24, 2.45) is 0 Å². The number of aryl methyl sites for hydroxylation is 2. The van der Waals surface area contributed by atoms with Gasteiger partial charge in [0.2, 0.25) is 0 Å². The van der Waals surface area contributed by atoms with Crippen molar-refractivity contribution in [1.82, 2.24) is 0 Å². The van der Waals surface area contributed by atoms with Crippen LogP contribution in [0.2, 0.25) is 0 Å². The van der Waals surface area contributed by atoms with Gasteiger partial charge in [0.15, 0.2) is 0 Å². The lowest BCUT2D eigenvalue weighted by Gasteiger charge is -2.11. The predicted octanol–water partition coefficient (Wildman–Crippen LogP) is 3.07.